The van der Waals surface area contributed by atoms with E-state index < -0.39 is 5.82 Å². The minimum absolute atomic E-state index is 0.106. The Morgan fingerprint density at radius 3 is 2.77 bits per heavy atom. The first-order valence-electron chi connectivity index (χ1n) is 14.0. The van der Waals surface area contributed by atoms with Crippen molar-refractivity contribution in [1.29, 1.82) is 0 Å². The fourth-order valence-electron chi connectivity index (χ4n) is 6.08. The van der Waals surface area contributed by atoms with Crippen LogP contribution in [-0.4, -0.2) is 77.1 Å². The first-order valence-corrected chi connectivity index (χ1v) is 14.4. The molecule has 2 fully saturated rings. The second-order valence-corrected chi connectivity index (χ2v) is 11.9. The van der Waals surface area contributed by atoms with Crippen molar-refractivity contribution < 1.29 is 13.9 Å². The van der Waals surface area contributed by atoms with Crippen molar-refractivity contribution in [3.63, 3.8) is 0 Å². The molecular formula is C30H36ClFN6O2. The number of likely N-dealkylation sites (N-methyl/N-ethyl adjacent to an activating group) is 1. The molecule has 0 bridgehead atoms. The molecule has 10 heteroatoms. The zero-order valence-electron chi connectivity index (χ0n) is 23.7. The van der Waals surface area contributed by atoms with Gasteiger partial charge in [-0.15, -0.1) is 0 Å². The largest absolute Gasteiger partial charge is 0.461 e. The van der Waals surface area contributed by atoms with Crippen LogP contribution in [-0.2, 0) is 4.74 Å². The monoisotopic (exact) mass is 566 g/mol. The number of nitrogens with zero attached hydrogens (tertiary/aromatic N) is 5. The molecule has 8 nitrogen and oxygen atoms in total. The normalized spacial score (nSPS) is 22.4. The highest BCUT2D eigenvalue weighted by molar-refractivity contribution is 6.35. The van der Waals surface area contributed by atoms with Crippen molar-refractivity contribution in [2.45, 2.75) is 52.7 Å². The number of anilines is 1. The third-order valence-corrected chi connectivity index (χ3v) is 8.63. The van der Waals surface area contributed by atoms with Crippen molar-refractivity contribution in [1.82, 2.24) is 25.1 Å². The van der Waals surface area contributed by atoms with Crippen LogP contribution in [0.2, 0.25) is 5.02 Å². The lowest BCUT2D eigenvalue weighted by Crippen LogP contribution is -2.43. The standard InChI is InChI=1S/C30H36ClFN6O2/c1-16-6-8-18(3)38(13-16)29-21-12-22(31)26(24-17(2)7-9-23-25(24)19(4)35-36-23)27(32)28(21)33-30(34-29)40-15-20-14-37(5)10-11-39-20/h7,9,12,16,18,20H,6,8,10-11,13-15H2,1-5H3,(H,35,36)/t16-,18-,20+/m0/s1. The van der Waals surface area contributed by atoms with E-state index in [1.807, 2.05) is 32.0 Å². The second-order valence-electron chi connectivity index (χ2n) is 11.5. The molecule has 2 aromatic carbocycles. The van der Waals surface area contributed by atoms with Crippen LogP contribution in [0.25, 0.3) is 32.9 Å². The van der Waals surface area contributed by atoms with Crippen molar-refractivity contribution in [3.05, 3.63) is 40.3 Å². The Balaban J connectivity index is 1.52. The number of rotatable bonds is 5. The van der Waals surface area contributed by atoms with E-state index in [0.29, 0.717) is 34.3 Å². The Morgan fingerprint density at radius 1 is 1.15 bits per heavy atom. The SMILES string of the molecule is Cc1ccc2n[nH]c(C)c2c1-c1c(Cl)cc2c(N3C[C@@H](C)CC[C@@H]3C)nc(OC[C@H]3CN(C)CCO3)nc2c1F. The van der Waals surface area contributed by atoms with Gasteiger partial charge in [0.15, 0.2) is 5.82 Å². The van der Waals surface area contributed by atoms with Crippen LogP contribution in [0.1, 0.15) is 37.9 Å². The van der Waals surface area contributed by atoms with Gasteiger partial charge in [0.1, 0.15) is 24.0 Å². The number of aromatic amines is 1. The number of H-pyrrole nitrogens is 1. The molecule has 3 atom stereocenters. The van der Waals surface area contributed by atoms with Crippen LogP contribution in [0.15, 0.2) is 18.2 Å². The molecule has 0 amide bonds. The molecule has 0 radical (unpaired) electrons. The molecule has 6 rings (SSSR count). The van der Waals surface area contributed by atoms with Gasteiger partial charge >= 0.3 is 6.01 Å². The smallest absolute Gasteiger partial charge is 0.319 e. The Hall–Kier alpha value is -3.01. The molecule has 2 aliphatic rings. The van der Waals surface area contributed by atoms with Crippen molar-refractivity contribution in [2.24, 2.45) is 5.92 Å². The van der Waals surface area contributed by atoms with E-state index in [0.717, 1.165) is 60.2 Å². The minimum atomic E-state index is -0.487. The highest BCUT2D eigenvalue weighted by atomic mass is 35.5. The van der Waals surface area contributed by atoms with E-state index in [1.165, 1.54) is 0 Å². The topological polar surface area (TPSA) is 79.4 Å². The number of aryl methyl sites for hydroxylation is 2. The van der Waals surface area contributed by atoms with Gasteiger partial charge in [0.25, 0.3) is 0 Å². The number of hydrogen-bond donors (Lipinski definition) is 1. The number of benzene rings is 2. The van der Waals surface area contributed by atoms with Crippen LogP contribution >= 0.6 is 11.6 Å². The second kappa shape index (κ2) is 10.8. The van der Waals surface area contributed by atoms with Gasteiger partial charge in [0, 0.05) is 53.3 Å². The highest BCUT2D eigenvalue weighted by Crippen LogP contribution is 2.43. The first-order chi connectivity index (χ1) is 19.2. The van der Waals surface area contributed by atoms with Crippen LogP contribution in [0, 0.1) is 25.6 Å². The fraction of sp³-hybridized carbons (Fsp3) is 0.500. The maximum absolute atomic E-state index is 16.8. The Bertz CT molecular complexity index is 1580. The van der Waals surface area contributed by atoms with Gasteiger partial charge in [0.2, 0.25) is 0 Å². The van der Waals surface area contributed by atoms with Crippen LogP contribution in [0.3, 0.4) is 0 Å². The fourth-order valence-corrected chi connectivity index (χ4v) is 6.37. The molecule has 0 unspecified atom stereocenters. The van der Waals surface area contributed by atoms with Crippen LogP contribution in [0.4, 0.5) is 10.2 Å². The van der Waals surface area contributed by atoms with Crippen LogP contribution < -0.4 is 9.64 Å². The van der Waals surface area contributed by atoms with E-state index in [-0.39, 0.29) is 30.3 Å². The Kier molecular flexibility index (Phi) is 7.31. The van der Waals surface area contributed by atoms with Gasteiger partial charge in [-0.1, -0.05) is 24.6 Å². The molecule has 0 saturated carbocycles. The van der Waals surface area contributed by atoms with Crippen LogP contribution in [0.5, 0.6) is 6.01 Å². The number of ether oxygens (including phenoxy) is 2. The average molecular weight is 567 g/mol. The quantitative estimate of drug-likeness (QED) is 0.321. The summed E-state index contributed by atoms with van der Waals surface area (Å²) in [4.78, 5) is 13.9. The third kappa shape index (κ3) is 4.88. The molecule has 4 heterocycles. The number of fused-ring (bicyclic) bond motifs is 2. The minimum Gasteiger partial charge on any atom is -0.461 e. The van der Waals surface area contributed by atoms with Gasteiger partial charge in [-0.2, -0.15) is 15.1 Å². The third-order valence-electron chi connectivity index (χ3n) is 8.33. The number of halogens is 2. The molecule has 2 aliphatic heterocycles. The average Bonchev–Trinajstić information content (AvgIpc) is 3.30. The summed E-state index contributed by atoms with van der Waals surface area (Å²) in [5.41, 5.74) is 3.74. The van der Waals surface area contributed by atoms with E-state index in [2.05, 4.69) is 45.9 Å². The summed E-state index contributed by atoms with van der Waals surface area (Å²) in [5.74, 6) is 0.654. The van der Waals surface area contributed by atoms with Gasteiger partial charge in [-0.25, -0.2) is 4.39 Å². The summed E-state index contributed by atoms with van der Waals surface area (Å²) in [6.45, 7) is 11.7. The number of hydrogen-bond acceptors (Lipinski definition) is 7. The van der Waals surface area contributed by atoms with Gasteiger partial charge in [-0.05, 0) is 64.3 Å². The summed E-state index contributed by atoms with van der Waals surface area (Å²) >= 11 is 6.93. The molecular weight excluding hydrogens is 531 g/mol. The maximum Gasteiger partial charge on any atom is 0.319 e. The molecule has 2 aromatic heterocycles. The van der Waals surface area contributed by atoms with Gasteiger partial charge in [0.05, 0.1) is 17.1 Å². The number of morpholine rings is 1. The van der Waals surface area contributed by atoms with Crippen molar-refractivity contribution in [3.8, 4) is 17.1 Å². The summed E-state index contributed by atoms with van der Waals surface area (Å²) in [6, 6.07) is 6.07. The summed E-state index contributed by atoms with van der Waals surface area (Å²) in [5, 5.41) is 9.17. The van der Waals surface area contributed by atoms with Crippen molar-refractivity contribution >= 4 is 39.2 Å². The number of aromatic nitrogens is 4. The predicted molar refractivity (Wildman–Crippen MR) is 157 cm³/mol. The lowest BCUT2D eigenvalue weighted by Gasteiger charge is -2.38. The molecule has 40 heavy (non-hydrogen) atoms. The lowest BCUT2D eigenvalue weighted by atomic mass is 9.93. The van der Waals surface area contributed by atoms with Crippen molar-refractivity contribution in [2.75, 3.05) is 44.8 Å². The summed E-state index contributed by atoms with van der Waals surface area (Å²) in [6.07, 6.45) is 2.06. The van der Waals surface area contributed by atoms with E-state index >= 15 is 4.39 Å². The Labute approximate surface area is 238 Å². The molecule has 0 aliphatic carbocycles. The maximum atomic E-state index is 16.8. The van der Waals surface area contributed by atoms with E-state index in [1.54, 1.807) is 0 Å². The summed E-state index contributed by atoms with van der Waals surface area (Å²) < 4.78 is 28.8. The molecule has 2 saturated heterocycles. The predicted octanol–water partition coefficient (Wildman–Crippen LogP) is 5.92. The number of piperidine rings is 1. The summed E-state index contributed by atoms with van der Waals surface area (Å²) in [7, 11) is 2.06. The Morgan fingerprint density at radius 2 is 1.98 bits per heavy atom. The van der Waals surface area contributed by atoms with Gasteiger partial charge < -0.3 is 19.3 Å². The molecule has 212 valence electrons. The molecule has 0 spiro atoms. The molecule has 1 N–H and O–H groups in total. The highest BCUT2D eigenvalue weighted by Gasteiger charge is 2.30. The zero-order chi connectivity index (χ0) is 28.1. The lowest BCUT2D eigenvalue weighted by molar-refractivity contribution is -0.0416. The van der Waals surface area contributed by atoms with E-state index in [9.17, 15) is 0 Å². The van der Waals surface area contributed by atoms with Gasteiger partial charge in [-0.3, -0.25) is 5.10 Å². The molecule has 4 aromatic rings. The number of nitrogens with one attached hydrogen (secondary N) is 1. The first kappa shape index (κ1) is 27.2. The van der Waals surface area contributed by atoms with E-state index in [4.69, 9.17) is 26.1 Å². The zero-order valence-corrected chi connectivity index (χ0v) is 24.5.